The zero-order chi connectivity index (χ0) is 21.2. The van der Waals surface area contributed by atoms with Crippen LogP contribution in [0.3, 0.4) is 0 Å². The van der Waals surface area contributed by atoms with Crippen molar-refractivity contribution in [2.45, 2.75) is 24.7 Å². The third kappa shape index (κ3) is 4.98. The molecule has 2 aromatic carbocycles. The Morgan fingerprint density at radius 2 is 1.90 bits per heavy atom. The summed E-state index contributed by atoms with van der Waals surface area (Å²) < 4.78 is 27.3. The molecule has 1 saturated heterocycles. The van der Waals surface area contributed by atoms with E-state index in [-0.39, 0.29) is 33.2 Å². The molecule has 1 aliphatic rings. The fourth-order valence-corrected chi connectivity index (χ4v) is 5.51. The zero-order valence-electron chi connectivity index (χ0n) is 15.7. The van der Waals surface area contributed by atoms with Gasteiger partial charge in [-0.25, -0.2) is 8.42 Å². The largest absolute Gasteiger partial charge is 0.326 e. The van der Waals surface area contributed by atoms with Gasteiger partial charge in [-0.15, -0.1) is 0 Å². The molecule has 0 aromatic heterocycles. The molecule has 0 unspecified atom stereocenters. The van der Waals surface area contributed by atoms with Crippen molar-refractivity contribution in [2.24, 2.45) is 5.92 Å². The second-order valence-electron chi connectivity index (χ2n) is 6.90. The van der Waals surface area contributed by atoms with E-state index in [4.69, 9.17) is 23.2 Å². The molecule has 1 fully saturated rings. The van der Waals surface area contributed by atoms with Gasteiger partial charge in [0.25, 0.3) is 0 Å². The molecule has 3 rings (SSSR count). The highest BCUT2D eigenvalue weighted by Gasteiger charge is 2.34. The Bertz CT molecular complexity index is 1060. The number of sulfonamides is 1. The summed E-state index contributed by atoms with van der Waals surface area (Å²) in [5.74, 6) is -0.908. The highest BCUT2D eigenvalue weighted by Crippen LogP contribution is 2.30. The van der Waals surface area contributed by atoms with Crippen LogP contribution in [0.25, 0.3) is 0 Å². The maximum absolute atomic E-state index is 13.0. The highest BCUT2D eigenvalue weighted by atomic mass is 35.5. The van der Waals surface area contributed by atoms with Crippen LogP contribution in [0.4, 0.5) is 5.69 Å². The molecule has 0 radical (unpaired) electrons. The van der Waals surface area contributed by atoms with Gasteiger partial charge in [0.1, 0.15) is 4.90 Å². The molecule has 0 aliphatic carbocycles. The van der Waals surface area contributed by atoms with Crippen LogP contribution >= 0.6 is 23.2 Å². The van der Waals surface area contributed by atoms with Crippen LogP contribution < -0.4 is 5.32 Å². The number of rotatable bonds is 5. The van der Waals surface area contributed by atoms with Gasteiger partial charge < -0.3 is 5.32 Å². The third-order valence-corrected chi connectivity index (χ3v) is 7.38. The normalized spacial score (nSPS) is 17.7. The second-order valence-corrected chi connectivity index (χ2v) is 9.65. The van der Waals surface area contributed by atoms with Gasteiger partial charge >= 0.3 is 0 Å². The van der Waals surface area contributed by atoms with Crippen molar-refractivity contribution in [3.05, 3.63) is 58.1 Å². The van der Waals surface area contributed by atoms with Gasteiger partial charge in [0.15, 0.2) is 5.78 Å². The quantitative estimate of drug-likeness (QED) is 0.684. The van der Waals surface area contributed by atoms with Gasteiger partial charge in [-0.1, -0.05) is 35.3 Å². The van der Waals surface area contributed by atoms with Crippen molar-refractivity contribution >= 4 is 50.6 Å². The molecule has 154 valence electrons. The monoisotopic (exact) mass is 454 g/mol. The third-order valence-electron chi connectivity index (χ3n) is 4.80. The number of nitrogens with one attached hydrogen (secondary N) is 1. The number of amides is 1. The van der Waals surface area contributed by atoms with E-state index in [0.29, 0.717) is 30.6 Å². The summed E-state index contributed by atoms with van der Waals surface area (Å²) in [4.78, 5) is 24.2. The van der Waals surface area contributed by atoms with E-state index in [1.807, 2.05) is 0 Å². The minimum atomic E-state index is -3.88. The number of piperidine rings is 1. The van der Waals surface area contributed by atoms with Crippen LogP contribution in [0.15, 0.2) is 47.4 Å². The lowest BCUT2D eigenvalue weighted by molar-refractivity contribution is -0.120. The number of carbonyl (C=O) groups excluding carboxylic acids is 2. The van der Waals surface area contributed by atoms with Gasteiger partial charge in [0.2, 0.25) is 15.9 Å². The van der Waals surface area contributed by atoms with Crippen molar-refractivity contribution in [3.63, 3.8) is 0 Å². The Morgan fingerprint density at radius 3 is 2.62 bits per heavy atom. The summed E-state index contributed by atoms with van der Waals surface area (Å²) in [5, 5.41) is 3.13. The lowest BCUT2D eigenvalue weighted by atomic mass is 9.98. The number of ketones is 1. The lowest BCUT2D eigenvalue weighted by Gasteiger charge is -2.31. The van der Waals surface area contributed by atoms with Gasteiger partial charge in [-0.2, -0.15) is 4.31 Å². The number of Topliss-reactive ketones (excluding diaryl/α,β-unsaturated/α-hetero) is 1. The molecule has 1 amide bonds. The smallest absolute Gasteiger partial charge is 0.244 e. The van der Waals surface area contributed by atoms with E-state index < -0.39 is 15.9 Å². The van der Waals surface area contributed by atoms with Crippen LogP contribution in [0.1, 0.15) is 30.1 Å². The first-order valence-electron chi connectivity index (χ1n) is 9.05. The number of benzene rings is 2. The summed E-state index contributed by atoms with van der Waals surface area (Å²) in [6.45, 7) is 1.80. The van der Waals surface area contributed by atoms with Crippen LogP contribution in [0.5, 0.6) is 0 Å². The fraction of sp³-hybridized carbons (Fsp3) is 0.300. The number of halogens is 2. The Kier molecular flexibility index (Phi) is 6.63. The van der Waals surface area contributed by atoms with Crippen molar-refractivity contribution < 1.29 is 18.0 Å². The maximum atomic E-state index is 13.0. The molecule has 1 heterocycles. The maximum Gasteiger partial charge on any atom is 0.244 e. The number of anilines is 1. The summed E-state index contributed by atoms with van der Waals surface area (Å²) in [6, 6.07) is 10.9. The summed E-state index contributed by atoms with van der Waals surface area (Å²) in [6.07, 6.45) is 1.11. The average Bonchev–Trinajstić information content (AvgIpc) is 2.70. The predicted molar refractivity (Wildman–Crippen MR) is 113 cm³/mol. The SMILES string of the molecule is CC(=O)c1cccc(NC(=O)[C@H]2CCCN(S(=O)(=O)c3cc(Cl)ccc3Cl)C2)c1. The number of hydrogen-bond acceptors (Lipinski definition) is 4. The lowest BCUT2D eigenvalue weighted by Crippen LogP contribution is -2.43. The van der Waals surface area contributed by atoms with E-state index >= 15 is 0 Å². The zero-order valence-corrected chi connectivity index (χ0v) is 18.0. The van der Waals surface area contributed by atoms with Crippen LogP contribution in [-0.2, 0) is 14.8 Å². The number of nitrogens with zero attached hydrogens (tertiary/aromatic N) is 1. The van der Waals surface area contributed by atoms with Gasteiger partial charge in [0.05, 0.1) is 10.9 Å². The first-order valence-corrected chi connectivity index (χ1v) is 11.2. The van der Waals surface area contributed by atoms with Gasteiger partial charge in [-0.3, -0.25) is 9.59 Å². The summed E-state index contributed by atoms with van der Waals surface area (Å²) in [7, 11) is -3.88. The molecule has 0 spiro atoms. The molecule has 6 nitrogen and oxygen atoms in total. The van der Waals surface area contributed by atoms with E-state index in [9.17, 15) is 18.0 Å². The molecule has 1 atom stereocenters. The van der Waals surface area contributed by atoms with E-state index in [1.165, 1.54) is 29.4 Å². The standard InChI is InChI=1S/C20H20Cl2N2O4S/c1-13(25)14-4-2-6-17(10-14)23-20(26)15-5-3-9-24(12-15)29(27,28)19-11-16(21)7-8-18(19)22/h2,4,6-8,10-11,15H,3,5,9,12H2,1H3,(H,23,26)/t15-/m0/s1. The molecule has 29 heavy (non-hydrogen) atoms. The van der Waals surface area contributed by atoms with Crippen LogP contribution in [0, 0.1) is 5.92 Å². The highest BCUT2D eigenvalue weighted by molar-refractivity contribution is 7.89. The van der Waals surface area contributed by atoms with E-state index in [1.54, 1.807) is 24.3 Å². The van der Waals surface area contributed by atoms with Crippen molar-refractivity contribution in [1.82, 2.24) is 4.31 Å². The van der Waals surface area contributed by atoms with Crippen LogP contribution in [-0.4, -0.2) is 37.5 Å². The van der Waals surface area contributed by atoms with Gasteiger partial charge in [0, 0.05) is 29.4 Å². The minimum absolute atomic E-state index is 0.0450. The minimum Gasteiger partial charge on any atom is -0.326 e. The first kappa shape index (κ1) is 21.8. The first-order chi connectivity index (χ1) is 13.7. The van der Waals surface area contributed by atoms with Crippen molar-refractivity contribution in [3.8, 4) is 0 Å². The Hall–Kier alpha value is -1.93. The Labute approximate surface area is 179 Å². The molecule has 0 bridgehead atoms. The molecular formula is C20H20Cl2N2O4S. The average molecular weight is 455 g/mol. The van der Waals surface area contributed by atoms with Crippen molar-refractivity contribution in [1.29, 1.82) is 0 Å². The Morgan fingerprint density at radius 1 is 1.14 bits per heavy atom. The molecule has 1 aliphatic heterocycles. The van der Waals surface area contributed by atoms with E-state index in [2.05, 4.69) is 5.32 Å². The summed E-state index contributed by atoms with van der Waals surface area (Å²) >= 11 is 12.0. The molecule has 9 heteroatoms. The Balaban J connectivity index is 1.76. The van der Waals surface area contributed by atoms with Crippen LogP contribution in [0.2, 0.25) is 10.0 Å². The second kappa shape index (κ2) is 8.83. The summed E-state index contributed by atoms with van der Waals surface area (Å²) in [5.41, 5.74) is 0.992. The fourth-order valence-electron chi connectivity index (χ4n) is 3.25. The molecule has 2 aromatic rings. The van der Waals surface area contributed by atoms with E-state index in [0.717, 1.165) is 0 Å². The predicted octanol–water partition coefficient (Wildman–Crippen LogP) is 4.24. The van der Waals surface area contributed by atoms with Gasteiger partial charge in [-0.05, 0) is 50.1 Å². The molecule has 0 saturated carbocycles. The molecule has 1 N–H and O–H groups in total. The molecular weight excluding hydrogens is 435 g/mol. The number of hydrogen-bond donors (Lipinski definition) is 1. The van der Waals surface area contributed by atoms with Crippen molar-refractivity contribution in [2.75, 3.05) is 18.4 Å². The number of carbonyl (C=O) groups is 2. The topological polar surface area (TPSA) is 83.6 Å².